The zero-order valence-electron chi connectivity index (χ0n) is 13.9. The van der Waals surface area contributed by atoms with Gasteiger partial charge in [-0.1, -0.05) is 11.8 Å². The molecule has 1 saturated carbocycles. The van der Waals surface area contributed by atoms with E-state index in [1.54, 1.807) is 17.8 Å². The summed E-state index contributed by atoms with van der Waals surface area (Å²) in [5.41, 5.74) is 2.51. The number of carbonyl (C=O) groups is 1. The van der Waals surface area contributed by atoms with E-state index in [1.807, 2.05) is 6.07 Å². The van der Waals surface area contributed by atoms with E-state index >= 15 is 0 Å². The van der Waals surface area contributed by atoms with Gasteiger partial charge in [-0.05, 0) is 25.8 Å². The van der Waals surface area contributed by atoms with Crippen LogP contribution in [-0.4, -0.2) is 31.2 Å². The van der Waals surface area contributed by atoms with E-state index in [9.17, 15) is 9.59 Å². The molecule has 3 heterocycles. The minimum Gasteiger partial charge on any atom is -0.350 e. The summed E-state index contributed by atoms with van der Waals surface area (Å²) in [7, 11) is 0. The molecule has 1 atom stereocenters. The molecule has 1 N–H and O–H groups in total. The summed E-state index contributed by atoms with van der Waals surface area (Å²) in [6, 6.07) is 3.34. The number of nitrogens with zero attached hydrogens (tertiary/aromatic N) is 4. The van der Waals surface area contributed by atoms with E-state index in [-0.39, 0.29) is 23.9 Å². The van der Waals surface area contributed by atoms with E-state index in [0.717, 1.165) is 11.4 Å². The maximum atomic E-state index is 12.3. The molecular formula is C17H19N5O2S. The minimum absolute atomic E-state index is 0.0856. The van der Waals surface area contributed by atoms with Crippen LogP contribution >= 0.6 is 11.8 Å². The number of aryl methyl sites for hydroxylation is 1. The lowest BCUT2D eigenvalue weighted by Crippen LogP contribution is -2.30. The van der Waals surface area contributed by atoms with Crippen LogP contribution in [0.5, 0.6) is 0 Å². The van der Waals surface area contributed by atoms with Crippen LogP contribution in [0.3, 0.4) is 0 Å². The number of rotatable bonds is 5. The first-order chi connectivity index (χ1) is 12.1. The number of hydrogen-bond acceptors (Lipinski definition) is 6. The lowest BCUT2D eigenvalue weighted by molar-refractivity contribution is -0.121. The summed E-state index contributed by atoms with van der Waals surface area (Å²) in [6.45, 7) is 2.19. The fraction of sp³-hybridized carbons (Fsp3) is 0.471. The lowest BCUT2D eigenvalue weighted by atomic mass is 10.2. The number of fused-ring (bicyclic) bond motifs is 1. The molecule has 2 aromatic heterocycles. The minimum atomic E-state index is -0.145. The van der Waals surface area contributed by atoms with Crippen molar-refractivity contribution in [2.45, 2.75) is 49.8 Å². The SMILES string of the molecule is Cc1cc(=O)n2c(n1)SCC2CC(=O)NCc1cc(C2CC2)ncn1. The molecule has 25 heavy (non-hydrogen) atoms. The number of hydrogen-bond donors (Lipinski definition) is 1. The maximum absolute atomic E-state index is 12.3. The molecule has 1 aliphatic heterocycles. The number of thioether (sulfide) groups is 1. The number of carbonyl (C=O) groups excluding carboxylic acids is 1. The Balaban J connectivity index is 1.38. The van der Waals surface area contributed by atoms with Crippen molar-refractivity contribution in [1.82, 2.24) is 24.8 Å². The van der Waals surface area contributed by atoms with Crippen LogP contribution in [0.25, 0.3) is 0 Å². The van der Waals surface area contributed by atoms with Gasteiger partial charge in [-0.3, -0.25) is 14.2 Å². The summed E-state index contributed by atoms with van der Waals surface area (Å²) < 4.78 is 1.63. The zero-order chi connectivity index (χ0) is 17.4. The number of amides is 1. The van der Waals surface area contributed by atoms with Crippen molar-refractivity contribution in [2.24, 2.45) is 0 Å². The summed E-state index contributed by atoms with van der Waals surface area (Å²) in [5, 5.41) is 3.60. The van der Waals surface area contributed by atoms with E-state index in [2.05, 4.69) is 20.3 Å². The normalized spacial score (nSPS) is 18.8. The van der Waals surface area contributed by atoms with Gasteiger partial charge in [0.1, 0.15) is 6.33 Å². The second-order valence-electron chi connectivity index (χ2n) is 6.54. The monoisotopic (exact) mass is 357 g/mol. The van der Waals surface area contributed by atoms with Gasteiger partial charge in [-0.2, -0.15) is 0 Å². The van der Waals surface area contributed by atoms with Gasteiger partial charge < -0.3 is 5.32 Å². The summed E-state index contributed by atoms with van der Waals surface area (Å²) in [6.07, 6.45) is 4.20. The van der Waals surface area contributed by atoms with Crippen molar-refractivity contribution >= 4 is 17.7 Å². The highest BCUT2D eigenvalue weighted by Gasteiger charge is 2.27. The molecule has 0 radical (unpaired) electrons. The predicted octanol–water partition coefficient (Wildman–Crippen LogP) is 1.57. The van der Waals surface area contributed by atoms with Crippen LogP contribution < -0.4 is 10.9 Å². The Bertz CT molecular complexity index is 878. The largest absolute Gasteiger partial charge is 0.350 e. The van der Waals surface area contributed by atoms with Gasteiger partial charge >= 0.3 is 0 Å². The molecule has 0 aromatic carbocycles. The van der Waals surface area contributed by atoms with Crippen LogP contribution in [0.2, 0.25) is 0 Å². The van der Waals surface area contributed by atoms with Gasteiger partial charge in [0.05, 0.1) is 18.3 Å². The predicted molar refractivity (Wildman–Crippen MR) is 93.5 cm³/mol. The third kappa shape index (κ3) is 3.58. The Morgan fingerprint density at radius 1 is 1.36 bits per heavy atom. The van der Waals surface area contributed by atoms with Crippen LogP contribution in [0.1, 0.15) is 48.3 Å². The first-order valence-corrected chi connectivity index (χ1v) is 9.39. The molecule has 0 bridgehead atoms. The Labute approximate surface area is 149 Å². The molecule has 2 aromatic rings. The Morgan fingerprint density at radius 2 is 2.20 bits per heavy atom. The molecule has 0 spiro atoms. The van der Waals surface area contributed by atoms with E-state index in [1.165, 1.54) is 30.7 Å². The molecule has 2 aliphatic rings. The molecule has 130 valence electrons. The summed E-state index contributed by atoms with van der Waals surface area (Å²) in [5.74, 6) is 1.17. The van der Waals surface area contributed by atoms with E-state index < -0.39 is 0 Å². The van der Waals surface area contributed by atoms with Gasteiger partial charge in [0.25, 0.3) is 5.56 Å². The van der Waals surface area contributed by atoms with Crippen LogP contribution in [0.15, 0.2) is 28.4 Å². The molecular weight excluding hydrogens is 338 g/mol. The molecule has 0 saturated heterocycles. The molecule has 4 rings (SSSR count). The first kappa shape index (κ1) is 16.3. The van der Waals surface area contributed by atoms with Crippen LogP contribution in [-0.2, 0) is 11.3 Å². The van der Waals surface area contributed by atoms with Crippen molar-refractivity contribution in [2.75, 3.05) is 5.75 Å². The maximum Gasteiger partial charge on any atom is 0.254 e. The van der Waals surface area contributed by atoms with E-state index in [0.29, 0.717) is 29.1 Å². The average molecular weight is 357 g/mol. The van der Waals surface area contributed by atoms with E-state index in [4.69, 9.17) is 0 Å². The molecule has 1 fully saturated rings. The van der Waals surface area contributed by atoms with Gasteiger partial charge in [-0.25, -0.2) is 15.0 Å². The van der Waals surface area contributed by atoms with Crippen molar-refractivity contribution in [3.05, 3.63) is 45.9 Å². The molecule has 1 unspecified atom stereocenters. The van der Waals surface area contributed by atoms with Crippen molar-refractivity contribution in [1.29, 1.82) is 0 Å². The molecule has 7 nitrogen and oxygen atoms in total. The van der Waals surface area contributed by atoms with Crippen LogP contribution in [0, 0.1) is 6.92 Å². The molecule has 1 amide bonds. The van der Waals surface area contributed by atoms with Crippen molar-refractivity contribution < 1.29 is 4.79 Å². The van der Waals surface area contributed by atoms with Crippen LogP contribution in [0.4, 0.5) is 0 Å². The third-order valence-electron chi connectivity index (χ3n) is 4.45. The highest BCUT2D eigenvalue weighted by atomic mass is 32.2. The highest BCUT2D eigenvalue weighted by Crippen LogP contribution is 2.38. The first-order valence-electron chi connectivity index (χ1n) is 8.40. The van der Waals surface area contributed by atoms with Gasteiger partial charge in [0.15, 0.2) is 5.16 Å². The Hall–Kier alpha value is -2.22. The van der Waals surface area contributed by atoms with Gasteiger partial charge in [0, 0.05) is 35.5 Å². The smallest absolute Gasteiger partial charge is 0.254 e. The zero-order valence-corrected chi connectivity index (χ0v) is 14.8. The van der Waals surface area contributed by atoms with Gasteiger partial charge in [0.2, 0.25) is 5.91 Å². The average Bonchev–Trinajstić information content (AvgIpc) is 3.36. The van der Waals surface area contributed by atoms with Gasteiger partial charge in [-0.15, -0.1) is 0 Å². The standard InChI is InChI=1S/C17H19N5O2S/c1-10-4-16(24)22-13(8-25-17(22)21-10)6-15(23)18-7-12-5-14(11-2-3-11)20-9-19-12/h4-5,9,11,13H,2-3,6-8H2,1H3,(H,18,23). The topological polar surface area (TPSA) is 89.8 Å². The Kier molecular flexibility index (Phi) is 4.29. The lowest BCUT2D eigenvalue weighted by Gasteiger charge is -2.13. The number of nitrogens with one attached hydrogen (secondary N) is 1. The molecule has 8 heteroatoms. The summed E-state index contributed by atoms with van der Waals surface area (Å²) in [4.78, 5) is 37.3. The molecule has 1 aliphatic carbocycles. The highest BCUT2D eigenvalue weighted by molar-refractivity contribution is 7.99. The second-order valence-corrected chi connectivity index (χ2v) is 7.53. The second kappa shape index (κ2) is 6.59. The summed E-state index contributed by atoms with van der Waals surface area (Å²) >= 11 is 1.52. The fourth-order valence-electron chi connectivity index (χ4n) is 3.00. The third-order valence-corrected chi connectivity index (χ3v) is 5.54. The fourth-order valence-corrected chi connectivity index (χ4v) is 4.20. The van der Waals surface area contributed by atoms with Crippen molar-refractivity contribution in [3.8, 4) is 0 Å². The Morgan fingerprint density at radius 3 is 3.00 bits per heavy atom. The van der Waals surface area contributed by atoms with Crippen molar-refractivity contribution in [3.63, 3.8) is 0 Å². The number of aromatic nitrogens is 4. The quantitative estimate of drug-likeness (QED) is 0.817.